The smallest absolute Gasteiger partial charge is 0.310 e. The van der Waals surface area contributed by atoms with E-state index in [1.54, 1.807) is 0 Å². The van der Waals surface area contributed by atoms with E-state index < -0.39 is 184 Å². The largest absolute Gasteiger partial charge is 0.481 e. The normalized spacial score (nSPS) is 54.9. The highest BCUT2D eigenvalue weighted by atomic mass is 16.8. The molecular formula is C58H94O26. The van der Waals surface area contributed by atoms with Crippen molar-refractivity contribution in [2.75, 3.05) is 33.0 Å². The molecule has 5 aliphatic heterocycles. The summed E-state index contributed by atoms with van der Waals surface area (Å²) in [5.41, 5.74) is -0.906. The lowest BCUT2D eigenvalue weighted by Gasteiger charge is -2.71. The Bertz CT molecular complexity index is 2330. The van der Waals surface area contributed by atoms with Crippen molar-refractivity contribution >= 4 is 5.97 Å². The molecule has 26 nitrogen and oxygen atoms in total. The van der Waals surface area contributed by atoms with Crippen LogP contribution in [-0.2, 0) is 52.2 Å². The summed E-state index contributed by atoms with van der Waals surface area (Å²) in [4.78, 5) is 13.2. The van der Waals surface area contributed by atoms with Crippen LogP contribution in [0.25, 0.3) is 0 Å². The van der Waals surface area contributed by atoms with E-state index in [1.165, 1.54) is 12.5 Å². The van der Waals surface area contributed by atoms with E-state index in [0.717, 1.165) is 44.9 Å². The zero-order valence-corrected chi connectivity index (χ0v) is 49.0. The van der Waals surface area contributed by atoms with Crippen LogP contribution >= 0.6 is 0 Å². The molecule has 0 aromatic rings. The van der Waals surface area contributed by atoms with Crippen molar-refractivity contribution in [2.24, 2.45) is 50.2 Å². The van der Waals surface area contributed by atoms with Crippen molar-refractivity contribution in [1.29, 1.82) is 0 Å². The number of carboxylic acid groups (broad SMARTS) is 1. The van der Waals surface area contributed by atoms with E-state index >= 15 is 0 Å². The number of rotatable bonds is 14. The van der Waals surface area contributed by atoms with Crippen LogP contribution in [0.3, 0.4) is 0 Å². The molecule has 0 aromatic heterocycles. The maximum atomic E-state index is 13.2. The van der Waals surface area contributed by atoms with E-state index in [0.29, 0.717) is 19.3 Å². The van der Waals surface area contributed by atoms with Gasteiger partial charge in [0.15, 0.2) is 31.5 Å². The number of hydrogen-bond acceptors (Lipinski definition) is 25. The molecule has 0 spiro atoms. The summed E-state index contributed by atoms with van der Waals surface area (Å²) in [5.74, 6) is -0.548. The molecule has 15 N–H and O–H groups in total. The Kier molecular flexibility index (Phi) is 18.7. The lowest BCUT2D eigenvalue weighted by molar-refractivity contribution is -0.386. The van der Waals surface area contributed by atoms with Gasteiger partial charge in [0, 0.05) is 5.41 Å². The number of carboxylic acids is 1. The molecule has 5 aliphatic carbocycles. The third-order valence-electron chi connectivity index (χ3n) is 22.9. The van der Waals surface area contributed by atoms with Crippen LogP contribution in [-0.4, -0.2) is 263 Å². The van der Waals surface area contributed by atoms with Gasteiger partial charge in [0.1, 0.15) is 104 Å². The lowest BCUT2D eigenvalue weighted by Crippen LogP contribution is -2.67. The number of carbonyl (C=O) groups is 1. The van der Waals surface area contributed by atoms with E-state index in [4.69, 9.17) is 47.4 Å². The average Bonchev–Trinajstić information content (AvgIpc) is 0.688. The van der Waals surface area contributed by atoms with Gasteiger partial charge in [0.05, 0.1) is 50.7 Å². The van der Waals surface area contributed by atoms with Crippen LogP contribution in [0.2, 0.25) is 0 Å². The minimum Gasteiger partial charge on any atom is -0.481 e. The number of aliphatic hydroxyl groups is 14. The summed E-state index contributed by atoms with van der Waals surface area (Å²) in [7, 11) is 0. The summed E-state index contributed by atoms with van der Waals surface area (Å²) in [6.45, 7) is 12.3. The van der Waals surface area contributed by atoms with Gasteiger partial charge in [-0.1, -0.05) is 53.2 Å². The first-order valence-corrected chi connectivity index (χ1v) is 30.2. The molecule has 5 heterocycles. The second kappa shape index (κ2) is 24.1. The van der Waals surface area contributed by atoms with Crippen LogP contribution in [0.15, 0.2) is 11.6 Å². The highest BCUT2D eigenvalue weighted by Gasteiger charge is 2.70. The molecule has 0 radical (unpaired) electrons. The van der Waals surface area contributed by atoms with Crippen molar-refractivity contribution in [2.45, 2.75) is 260 Å². The third-order valence-corrected chi connectivity index (χ3v) is 22.9. The first-order valence-electron chi connectivity index (χ1n) is 30.2. The Morgan fingerprint density at radius 1 is 0.560 bits per heavy atom. The van der Waals surface area contributed by atoms with Crippen molar-refractivity contribution in [3.8, 4) is 0 Å². The number of allylic oxidation sites excluding steroid dienone is 2. The van der Waals surface area contributed by atoms with Gasteiger partial charge in [0.25, 0.3) is 0 Å². The second-order valence-corrected chi connectivity index (χ2v) is 28.0. The molecular weight excluding hydrogens is 1110 g/mol. The van der Waals surface area contributed by atoms with Crippen LogP contribution in [0, 0.1) is 50.2 Å². The van der Waals surface area contributed by atoms with Gasteiger partial charge >= 0.3 is 5.97 Å². The fourth-order valence-corrected chi connectivity index (χ4v) is 17.5. The molecule has 10 rings (SSSR count). The van der Waals surface area contributed by atoms with Gasteiger partial charge < -0.3 is 124 Å². The van der Waals surface area contributed by atoms with Gasteiger partial charge in [0.2, 0.25) is 0 Å². The lowest BCUT2D eigenvalue weighted by atomic mass is 9.33. The molecule has 482 valence electrons. The van der Waals surface area contributed by atoms with Gasteiger partial charge in [-0.15, -0.1) is 0 Å². The summed E-state index contributed by atoms with van der Waals surface area (Å²) < 4.78 is 59.2. The Labute approximate surface area is 488 Å². The van der Waals surface area contributed by atoms with Crippen molar-refractivity contribution in [3.05, 3.63) is 11.6 Å². The molecule has 5 saturated heterocycles. The maximum absolute atomic E-state index is 13.2. The minimum atomic E-state index is -1.99. The van der Waals surface area contributed by atoms with Gasteiger partial charge in [-0.2, -0.15) is 0 Å². The van der Waals surface area contributed by atoms with Gasteiger partial charge in [-0.3, -0.25) is 4.79 Å². The van der Waals surface area contributed by atoms with Crippen LogP contribution in [0.5, 0.6) is 0 Å². The Morgan fingerprint density at radius 3 is 1.85 bits per heavy atom. The third kappa shape index (κ3) is 10.8. The summed E-state index contributed by atoms with van der Waals surface area (Å²) in [6, 6.07) is 0. The number of hydrogen-bond donors (Lipinski definition) is 15. The molecule has 0 unspecified atom stereocenters. The molecule has 0 bridgehead atoms. The Balaban J connectivity index is 0.788. The zero-order valence-electron chi connectivity index (χ0n) is 49.0. The van der Waals surface area contributed by atoms with Crippen LogP contribution in [0.1, 0.15) is 113 Å². The van der Waals surface area contributed by atoms with Gasteiger partial charge in [-0.25, -0.2) is 0 Å². The maximum Gasteiger partial charge on any atom is 0.310 e. The molecule has 0 amide bonds. The quantitative estimate of drug-likeness (QED) is 0.0639. The molecule has 84 heavy (non-hydrogen) atoms. The average molecular weight is 1210 g/mol. The topological polar surface area (TPSA) is 413 Å². The molecule has 4 saturated carbocycles. The Morgan fingerprint density at radius 2 is 1.17 bits per heavy atom. The molecule has 10 aliphatic rings. The standard InChI is InChI=1S/C58H94O26/c1-24-34(63)45(83-47-40(69)37(66)30(22-76-47)80-48-42(71)39(68)44(29(20-60)79-48)82-49-41(70)38(67)36(65)28(19-59)78-49)43(72)50(77-24)84-46-35(64)27(62)21-75-51(46)81-33-11-12-54(4)31(55(33,5)23-61)10-13-57(7)32(54)9-8-25-26-18-53(2,3)14-16-58(26,52(73)74)17-15-56(25,57)6/h8,24,26-51,59-72H,9-23H2,1-7H3,(H,73,74)/t24-,26-,27-,28+,29+,30+,31+,32+,33-,34-,35-,36+,37-,38-,39+,40+,41+,42+,43+,44+,45+,46+,47-,48-,49-,50-,51-,54-,55-,56+,57+,58-/m0/s1. The predicted octanol–water partition coefficient (Wildman–Crippen LogP) is -2.37. The van der Waals surface area contributed by atoms with Crippen LogP contribution in [0.4, 0.5) is 0 Å². The number of fused-ring (bicyclic) bond motifs is 7. The van der Waals surface area contributed by atoms with E-state index in [1.807, 2.05) is 6.92 Å². The number of ether oxygens (including phenoxy) is 10. The zero-order chi connectivity index (χ0) is 61.1. The molecule has 32 atom stereocenters. The summed E-state index contributed by atoms with van der Waals surface area (Å²) in [5, 5.41) is 164. The fraction of sp³-hybridized carbons (Fsp3) is 0.948. The number of aliphatic carboxylic acids is 1. The van der Waals surface area contributed by atoms with E-state index in [2.05, 4.69) is 40.7 Å². The minimum absolute atomic E-state index is 0.0268. The first-order chi connectivity index (χ1) is 39.4. The van der Waals surface area contributed by atoms with Crippen LogP contribution < -0.4 is 0 Å². The predicted molar refractivity (Wildman–Crippen MR) is 284 cm³/mol. The molecule has 0 aromatic carbocycles. The number of aliphatic hydroxyl groups excluding tert-OH is 14. The molecule has 26 heteroatoms. The summed E-state index contributed by atoms with van der Waals surface area (Å²) >= 11 is 0. The SMILES string of the molecule is C[C@@H]1O[C@@H](O[C@H]2[C@H](O[C@H]3CC[C@@]4(C)[C@@H](CC[C@]5(C)[C@@H]4CC=C4[C@@H]6CC(C)(C)CC[C@]6(C(=O)O)CC[C@]45C)[C@]3(C)CO)OC[C@H](O)[C@@H]2O)[C@H](O)[C@H](O[C@@H]2OC[C@@H](O[C@@H]3O[C@H](CO)[C@@H](O[C@@H]4O[C@H](CO)[C@@H](O)[C@H](O)[C@H]4O)[C@H](O)[C@H]3O)[C@H](O)[C@H]2O)[C@H]1O. The summed E-state index contributed by atoms with van der Waals surface area (Å²) in [6.07, 6.45) is -29.6. The van der Waals surface area contributed by atoms with Crippen molar-refractivity contribution < 1.29 is 129 Å². The first kappa shape index (κ1) is 65.2. The van der Waals surface area contributed by atoms with E-state index in [9.17, 15) is 81.4 Å². The van der Waals surface area contributed by atoms with Crippen molar-refractivity contribution in [1.82, 2.24) is 0 Å². The fourth-order valence-electron chi connectivity index (χ4n) is 17.5. The Hall–Kier alpha value is -1.75. The highest BCUT2D eigenvalue weighted by Crippen LogP contribution is 2.76. The second-order valence-electron chi connectivity index (χ2n) is 28.0. The molecule has 9 fully saturated rings. The van der Waals surface area contributed by atoms with Gasteiger partial charge in [-0.05, 0) is 111 Å². The van der Waals surface area contributed by atoms with Crippen molar-refractivity contribution in [3.63, 3.8) is 0 Å². The highest BCUT2D eigenvalue weighted by molar-refractivity contribution is 5.76. The van der Waals surface area contributed by atoms with E-state index in [-0.39, 0.29) is 52.6 Å². The monoisotopic (exact) mass is 1210 g/mol.